The average molecular weight is 323 g/mol. The summed E-state index contributed by atoms with van der Waals surface area (Å²) < 4.78 is 31.9. The molecule has 0 unspecified atom stereocenters. The first-order valence-electron chi connectivity index (χ1n) is 7.97. The minimum atomic E-state index is 0.249. The van der Waals surface area contributed by atoms with E-state index in [1.807, 2.05) is 13.8 Å². The summed E-state index contributed by atoms with van der Waals surface area (Å²) in [5, 5.41) is 0. The molecule has 0 aromatic carbocycles. The standard InChI is InChI=1S/C15H33NO6/c1-15(2)22-14-13-21-12-11-20-10-9-19-8-7-18-6-5-17-4-3-16/h15H,3-14,16H2,1-2H3. The summed E-state index contributed by atoms with van der Waals surface area (Å²) in [4.78, 5) is 0. The van der Waals surface area contributed by atoms with E-state index >= 15 is 0 Å². The van der Waals surface area contributed by atoms with Gasteiger partial charge in [-0.25, -0.2) is 0 Å². The van der Waals surface area contributed by atoms with Gasteiger partial charge in [-0.15, -0.1) is 0 Å². The fraction of sp³-hybridized carbons (Fsp3) is 1.00. The van der Waals surface area contributed by atoms with Crippen LogP contribution in [0.3, 0.4) is 0 Å². The Kier molecular flexibility index (Phi) is 18.5. The summed E-state index contributed by atoms with van der Waals surface area (Å²) in [5.74, 6) is 0. The molecule has 0 aliphatic heterocycles. The molecule has 0 rings (SSSR count). The number of hydrogen-bond donors (Lipinski definition) is 1. The van der Waals surface area contributed by atoms with Gasteiger partial charge in [0.25, 0.3) is 0 Å². The number of ether oxygens (including phenoxy) is 6. The van der Waals surface area contributed by atoms with Crippen molar-refractivity contribution < 1.29 is 28.4 Å². The lowest BCUT2D eigenvalue weighted by Gasteiger charge is -2.09. The third-order valence-electron chi connectivity index (χ3n) is 2.43. The van der Waals surface area contributed by atoms with Crippen molar-refractivity contribution in [2.24, 2.45) is 5.73 Å². The van der Waals surface area contributed by atoms with E-state index in [1.165, 1.54) is 0 Å². The average Bonchev–Trinajstić information content (AvgIpc) is 2.50. The number of hydrogen-bond acceptors (Lipinski definition) is 7. The SMILES string of the molecule is CC(C)OCCOCCOCCOCCOCCOCCN. The fourth-order valence-electron chi connectivity index (χ4n) is 1.41. The molecule has 0 fully saturated rings. The Morgan fingerprint density at radius 1 is 0.545 bits per heavy atom. The van der Waals surface area contributed by atoms with Crippen LogP contribution in [0.15, 0.2) is 0 Å². The van der Waals surface area contributed by atoms with Crippen molar-refractivity contribution in [3.8, 4) is 0 Å². The Labute approximate surface area is 134 Å². The molecule has 7 heteroatoms. The Morgan fingerprint density at radius 2 is 0.864 bits per heavy atom. The molecule has 22 heavy (non-hydrogen) atoms. The molecule has 0 saturated carbocycles. The van der Waals surface area contributed by atoms with Gasteiger partial charge in [-0.3, -0.25) is 0 Å². The Hall–Kier alpha value is -0.280. The van der Waals surface area contributed by atoms with Crippen molar-refractivity contribution in [1.29, 1.82) is 0 Å². The highest BCUT2D eigenvalue weighted by Crippen LogP contribution is 1.88. The van der Waals surface area contributed by atoms with Crippen molar-refractivity contribution in [2.45, 2.75) is 20.0 Å². The van der Waals surface area contributed by atoms with Crippen molar-refractivity contribution in [3.63, 3.8) is 0 Å². The van der Waals surface area contributed by atoms with Crippen molar-refractivity contribution in [3.05, 3.63) is 0 Å². The van der Waals surface area contributed by atoms with E-state index in [4.69, 9.17) is 34.2 Å². The van der Waals surface area contributed by atoms with Gasteiger partial charge in [-0.2, -0.15) is 0 Å². The van der Waals surface area contributed by atoms with Crippen LogP contribution in [0.5, 0.6) is 0 Å². The van der Waals surface area contributed by atoms with Gasteiger partial charge in [0.05, 0.1) is 78.8 Å². The summed E-state index contributed by atoms with van der Waals surface area (Å²) in [6.45, 7) is 10.9. The van der Waals surface area contributed by atoms with E-state index in [0.717, 1.165) is 0 Å². The number of nitrogens with two attached hydrogens (primary N) is 1. The summed E-state index contributed by atoms with van der Waals surface area (Å²) in [6.07, 6.45) is 0.249. The van der Waals surface area contributed by atoms with Crippen LogP contribution in [0.2, 0.25) is 0 Å². The van der Waals surface area contributed by atoms with Gasteiger partial charge in [0.2, 0.25) is 0 Å². The normalized spacial score (nSPS) is 11.5. The molecule has 0 atom stereocenters. The molecule has 2 N–H and O–H groups in total. The van der Waals surface area contributed by atoms with E-state index in [0.29, 0.717) is 79.2 Å². The molecule has 0 heterocycles. The lowest BCUT2D eigenvalue weighted by Crippen LogP contribution is -2.15. The molecule has 0 amide bonds. The van der Waals surface area contributed by atoms with E-state index < -0.39 is 0 Å². The zero-order valence-corrected chi connectivity index (χ0v) is 14.1. The Balaban J connectivity index is 2.94. The topological polar surface area (TPSA) is 81.4 Å². The summed E-state index contributed by atoms with van der Waals surface area (Å²) in [5.41, 5.74) is 5.29. The highest BCUT2D eigenvalue weighted by Gasteiger charge is 1.94. The maximum Gasteiger partial charge on any atom is 0.0703 e. The second kappa shape index (κ2) is 18.8. The predicted molar refractivity (Wildman–Crippen MR) is 84.2 cm³/mol. The molecular formula is C15H33NO6. The third-order valence-corrected chi connectivity index (χ3v) is 2.43. The maximum atomic E-state index is 5.37. The molecule has 7 nitrogen and oxygen atoms in total. The van der Waals surface area contributed by atoms with Gasteiger partial charge in [-0.05, 0) is 13.8 Å². The first kappa shape index (κ1) is 21.7. The minimum Gasteiger partial charge on any atom is -0.378 e. The zero-order chi connectivity index (χ0) is 16.3. The van der Waals surface area contributed by atoms with Crippen LogP contribution in [0.4, 0.5) is 0 Å². The molecule has 0 aliphatic carbocycles. The second-order valence-corrected chi connectivity index (χ2v) is 4.77. The lowest BCUT2D eigenvalue weighted by atomic mass is 10.5. The molecule has 0 bridgehead atoms. The van der Waals surface area contributed by atoms with Crippen LogP contribution >= 0.6 is 0 Å². The van der Waals surface area contributed by atoms with Gasteiger partial charge in [-0.1, -0.05) is 0 Å². The second-order valence-electron chi connectivity index (χ2n) is 4.77. The van der Waals surface area contributed by atoms with Gasteiger partial charge >= 0.3 is 0 Å². The maximum absolute atomic E-state index is 5.37. The van der Waals surface area contributed by atoms with Crippen LogP contribution in [-0.4, -0.2) is 85.3 Å². The van der Waals surface area contributed by atoms with Crippen LogP contribution in [0.1, 0.15) is 13.8 Å². The first-order valence-corrected chi connectivity index (χ1v) is 7.97. The largest absolute Gasteiger partial charge is 0.378 e. The first-order chi connectivity index (χ1) is 10.8. The molecule has 0 radical (unpaired) electrons. The van der Waals surface area contributed by atoms with E-state index in [9.17, 15) is 0 Å². The van der Waals surface area contributed by atoms with Crippen LogP contribution in [0.25, 0.3) is 0 Å². The summed E-state index contributed by atoms with van der Waals surface area (Å²) in [7, 11) is 0. The molecular weight excluding hydrogens is 290 g/mol. The Bertz CT molecular complexity index is 206. The van der Waals surface area contributed by atoms with Crippen molar-refractivity contribution in [1.82, 2.24) is 0 Å². The zero-order valence-electron chi connectivity index (χ0n) is 14.1. The van der Waals surface area contributed by atoms with Crippen molar-refractivity contribution >= 4 is 0 Å². The fourth-order valence-corrected chi connectivity index (χ4v) is 1.41. The molecule has 0 aromatic heterocycles. The van der Waals surface area contributed by atoms with Gasteiger partial charge in [0.15, 0.2) is 0 Å². The molecule has 0 spiro atoms. The van der Waals surface area contributed by atoms with Crippen LogP contribution < -0.4 is 5.73 Å². The highest BCUT2D eigenvalue weighted by atomic mass is 16.6. The minimum absolute atomic E-state index is 0.249. The van der Waals surface area contributed by atoms with Crippen LogP contribution in [-0.2, 0) is 28.4 Å². The third kappa shape index (κ3) is 19.7. The van der Waals surface area contributed by atoms with Gasteiger partial charge in [0, 0.05) is 6.54 Å². The van der Waals surface area contributed by atoms with E-state index in [2.05, 4.69) is 0 Å². The molecule has 134 valence electrons. The van der Waals surface area contributed by atoms with Crippen molar-refractivity contribution in [2.75, 3.05) is 79.2 Å². The van der Waals surface area contributed by atoms with Gasteiger partial charge < -0.3 is 34.2 Å². The Morgan fingerprint density at radius 3 is 1.18 bits per heavy atom. The van der Waals surface area contributed by atoms with Gasteiger partial charge in [0.1, 0.15) is 0 Å². The van der Waals surface area contributed by atoms with E-state index in [-0.39, 0.29) is 6.10 Å². The van der Waals surface area contributed by atoms with Crippen LogP contribution in [0, 0.1) is 0 Å². The monoisotopic (exact) mass is 323 g/mol. The smallest absolute Gasteiger partial charge is 0.0703 e. The highest BCUT2D eigenvalue weighted by molar-refractivity contribution is 4.38. The number of rotatable bonds is 18. The van der Waals surface area contributed by atoms with E-state index in [1.54, 1.807) is 0 Å². The summed E-state index contributed by atoms with van der Waals surface area (Å²) >= 11 is 0. The predicted octanol–water partition coefficient (Wildman–Crippen LogP) is 0.453. The molecule has 0 aliphatic rings. The quantitative estimate of drug-likeness (QED) is 0.367. The molecule has 0 aromatic rings. The summed E-state index contributed by atoms with van der Waals surface area (Å²) in [6, 6.07) is 0. The lowest BCUT2D eigenvalue weighted by molar-refractivity contribution is -0.0210. The molecule has 0 saturated heterocycles.